The summed E-state index contributed by atoms with van der Waals surface area (Å²) in [6.45, 7) is 1.98. The van der Waals surface area contributed by atoms with Crippen LogP contribution >= 0.6 is 22.6 Å². The number of carbonyl (C=O) groups excluding carboxylic acids is 1. The Balaban J connectivity index is 2.32. The molecular weight excluding hydrogens is 229 g/mol. The van der Waals surface area contributed by atoms with Gasteiger partial charge < -0.3 is 4.90 Å². The van der Waals surface area contributed by atoms with Gasteiger partial charge in [-0.25, -0.2) is 0 Å². The summed E-state index contributed by atoms with van der Waals surface area (Å²) in [6.07, 6.45) is 2.39. The topological polar surface area (TPSA) is 20.3 Å². The van der Waals surface area contributed by atoms with Crippen molar-refractivity contribution < 1.29 is 4.79 Å². The lowest BCUT2D eigenvalue weighted by atomic mass is 10.4. The predicted molar refractivity (Wildman–Crippen MR) is 44.7 cm³/mol. The lowest BCUT2D eigenvalue weighted by molar-refractivity contribution is -0.127. The van der Waals surface area contributed by atoms with E-state index in [2.05, 4.69) is 22.6 Å². The van der Waals surface area contributed by atoms with Crippen molar-refractivity contribution in [2.24, 2.45) is 0 Å². The molecule has 3 heteroatoms. The summed E-state index contributed by atoms with van der Waals surface area (Å²) in [7, 11) is 0. The highest BCUT2D eigenvalue weighted by molar-refractivity contribution is 14.1. The molecule has 0 aromatic heterocycles. The Bertz CT molecular complexity index is 110. The van der Waals surface area contributed by atoms with Gasteiger partial charge >= 0.3 is 0 Å². The molecule has 0 radical (unpaired) electrons. The summed E-state index contributed by atoms with van der Waals surface area (Å²) in [4.78, 5) is 12.9. The molecule has 1 heterocycles. The van der Waals surface area contributed by atoms with Gasteiger partial charge in [-0.05, 0) is 12.8 Å². The summed E-state index contributed by atoms with van der Waals surface area (Å²) in [6, 6.07) is 0. The van der Waals surface area contributed by atoms with E-state index in [0.29, 0.717) is 10.3 Å². The zero-order chi connectivity index (χ0) is 6.69. The molecule has 0 aliphatic carbocycles. The predicted octanol–water partition coefficient (Wildman–Crippen LogP) is 1.04. The van der Waals surface area contributed by atoms with Gasteiger partial charge in [-0.15, -0.1) is 0 Å². The second-order valence-electron chi connectivity index (χ2n) is 2.22. The minimum atomic E-state index is 0.299. The Morgan fingerprint density at radius 1 is 1.44 bits per heavy atom. The van der Waals surface area contributed by atoms with Crippen molar-refractivity contribution >= 4 is 28.5 Å². The number of halogens is 1. The number of rotatable bonds is 1. The van der Waals surface area contributed by atoms with E-state index in [-0.39, 0.29) is 0 Å². The molecule has 1 aliphatic rings. The zero-order valence-electron chi connectivity index (χ0n) is 5.27. The van der Waals surface area contributed by atoms with Crippen LogP contribution in [-0.2, 0) is 4.79 Å². The van der Waals surface area contributed by atoms with Gasteiger partial charge in [0.25, 0.3) is 0 Å². The van der Waals surface area contributed by atoms with Crippen molar-refractivity contribution in [2.45, 2.75) is 12.8 Å². The van der Waals surface area contributed by atoms with Gasteiger partial charge in [0.15, 0.2) is 0 Å². The average molecular weight is 239 g/mol. The van der Waals surface area contributed by atoms with E-state index in [1.807, 2.05) is 4.90 Å². The first-order chi connectivity index (χ1) is 4.34. The van der Waals surface area contributed by atoms with Crippen molar-refractivity contribution in [1.82, 2.24) is 4.90 Å². The molecule has 1 amide bonds. The van der Waals surface area contributed by atoms with Gasteiger partial charge in [-0.3, -0.25) is 4.79 Å². The maximum Gasteiger partial charge on any atom is 0.232 e. The maximum absolute atomic E-state index is 10.9. The summed E-state index contributed by atoms with van der Waals surface area (Å²) in [5, 5.41) is 0. The molecule has 1 fully saturated rings. The Labute approximate surface area is 68.7 Å². The van der Waals surface area contributed by atoms with Crippen LogP contribution in [0.15, 0.2) is 0 Å². The Kier molecular flexibility index (Phi) is 2.75. The number of hydrogen-bond donors (Lipinski definition) is 0. The molecule has 1 aliphatic heterocycles. The number of carbonyl (C=O) groups is 1. The number of hydrogen-bond acceptors (Lipinski definition) is 1. The second kappa shape index (κ2) is 3.39. The van der Waals surface area contributed by atoms with E-state index in [4.69, 9.17) is 0 Å². The highest BCUT2D eigenvalue weighted by Crippen LogP contribution is 2.07. The molecule has 0 bridgehead atoms. The quantitative estimate of drug-likeness (QED) is 0.494. The molecule has 0 aromatic rings. The minimum absolute atomic E-state index is 0.299. The summed E-state index contributed by atoms with van der Waals surface area (Å²) in [5.41, 5.74) is 0. The van der Waals surface area contributed by atoms with Gasteiger partial charge in [-0.1, -0.05) is 22.6 Å². The molecule has 0 N–H and O–H groups in total. The molecular formula is C6H10INO. The normalized spacial score (nSPS) is 18.6. The van der Waals surface area contributed by atoms with Gasteiger partial charge in [-0.2, -0.15) is 0 Å². The zero-order valence-corrected chi connectivity index (χ0v) is 7.43. The minimum Gasteiger partial charge on any atom is -0.342 e. The first kappa shape index (κ1) is 7.31. The molecule has 2 nitrogen and oxygen atoms in total. The Morgan fingerprint density at radius 2 is 2.00 bits per heavy atom. The molecule has 1 rings (SSSR count). The smallest absolute Gasteiger partial charge is 0.232 e. The average Bonchev–Trinajstić information content (AvgIpc) is 2.37. The Hall–Kier alpha value is 0.200. The highest BCUT2D eigenvalue weighted by Gasteiger charge is 2.15. The fourth-order valence-electron chi connectivity index (χ4n) is 1.05. The van der Waals surface area contributed by atoms with E-state index < -0.39 is 0 Å². The molecule has 0 aromatic carbocycles. The SMILES string of the molecule is O=C(CI)N1CCCC1. The summed E-state index contributed by atoms with van der Waals surface area (Å²) < 4.78 is 0.637. The third-order valence-electron chi connectivity index (χ3n) is 1.57. The first-order valence-electron chi connectivity index (χ1n) is 3.18. The lowest BCUT2D eigenvalue weighted by Crippen LogP contribution is -2.28. The number of alkyl halides is 1. The number of amides is 1. The van der Waals surface area contributed by atoms with Crippen molar-refractivity contribution in [1.29, 1.82) is 0 Å². The van der Waals surface area contributed by atoms with Crippen LogP contribution < -0.4 is 0 Å². The van der Waals surface area contributed by atoms with Gasteiger partial charge in [0, 0.05) is 13.1 Å². The van der Waals surface area contributed by atoms with Crippen molar-refractivity contribution in [3.63, 3.8) is 0 Å². The number of likely N-dealkylation sites (tertiary alicyclic amines) is 1. The van der Waals surface area contributed by atoms with Crippen molar-refractivity contribution in [3.05, 3.63) is 0 Å². The second-order valence-corrected chi connectivity index (χ2v) is 2.98. The fraction of sp³-hybridized carbons (Fsp3) is 0.833. The van der Waals surface area contributed by atoms with E-state index in [9.17, 15) is 4.79 Å². The molecule has 0 saturated carbocycles. The molecule has 52 valence electrons. The van der Waals surface area contributed by atoms with Crippen LogP contribution in [-0.4, -0.2) is 28.3 Å². The van der Waals surface area contributed by atoms with Crippen molar-refractivity contribution in [2.75, 3.05) is 17.5 Å². The fourth-order valence-corrected chi connectivity index (χ4v) is 1.53. The molecule has 1 saturated heterocycles. The summed E-state index contributed by atoms with van der Waals surface area (Å²) >= 11 is 2.11. The van der Waals surface area contributed by atoms with E-state index >= 15 is 0 Å². The largest absolute Gasteiger partial charge is 0.342 e. The van der Waals surface area contributed by atoms with Crippen molar-refractivity contribution in [3.8, 4) is 0 Å². The van der Waals surface area contributed by atoms with Crippen LogP contribution in [0.5, 0.6) is 0 Å². The molecule has 0 atom stereocenters. The first-order valence-corrected chi connectivity index (χ1v) is 4.71. The lowest BCUT2D eigenvalue weighted by Gasteiger charge is -2.12. The highest BCUT2D eigenvalue weighted by atomic mass is 127. The summed E-state index contributed by atoms with van der Waals surface area (Å²) in [5.74, 6) is 0.299. The van der Waals surface area contributed by atoms with E-state index in [0.717, 1.165) is 13.1 Å². The van der Waals surface area contributed by atoms with Crippen LogP contribution in [0.2, 0.25) is 0 Å². The van der Waals surface area contributed by atoms with E-state index in [1.165, 1.54) is 12.8 Å². The van der Waals surface area contributed by atoms with Crippen LogP contribution in [0.25, 0.3) is 0 Å². The van der Waals surface area contributed by atoms with Gasteiger partial charge in [0.05, 0.1) is 4.43 Å². The number of nitrogens with zero attached hydrogens (tertiary/aromatic N) is 1. The van der Waals surface area contributed by atoms with E-state index in [1.54, 1.807) is 0 Å². The van der Waals surface area contributed by atoms with Crippen LogP contribution in [0.1, 0.15) is 12.8 Å². The maximum atomic E-state index is 10.9. The third kappa shape index (κ3) is 1.81. The van der Waals surface area contributed by atoms with Gasteiger partial charge in [0.1, 0.15) is 0 Å². The molecule has 0 spiro atoms. The molecule has 9 heavy (non-hydrogen) atoms. The van der Waals surface area contributed by atoms with Gasteiger partial charge in [0.2, 0.25) is 5.91 Å². The third-order valence-corrected chi connectivity index (χ3v) is 2.23. The monoisotopic (exact) mass is 239 g/mol. The van der Waals surface area contributed by atoms with Crippen LogP contribution in [0, 0.1) is 0 Å². The standard InChI is InChI=1S/C6H10INO/c7-5-6(9)8-3-1-2-4-8/h1-5H2. The van der Waals surface area contributed by atoms with Crippen LogP contribution in [0.3, 0.4) is 0 Å². The Morgan fingerprint density at radius 3 is 2.44 bits per heavy atom. The molecule has 0 unspecified atom stereocenters. The van der Waals surface area contributed by atoms with Crippen LogP contribution in [0.4, 0.5) is 0 Å².